The van der Waals surface area contributed by atoms with Crippen LogP contribution in [-0.2, 0) is 0 Å². The van der Waals surface area contributed by atoms with Crippen LogP contribution in [-0.4, -0.2) is 67.6 Å². The van der Waals surface area contributed by atoms with Crippen molar-refractivity contribution in [2.45, 2.75) is 51.0 Å². The van der Waals surface area contributed by atoms with Crippen LogP contribution in [0.5, 0.6) is 5.75 Å². The second kappa shape index (κ2) is 14.5. The quantitative estimate of drug-likeness (QED) is 0.294. The summed E-state index contributed by atoms with van der Waals surface area (Å²) in [6, 6.07) is 29.4. The Morgan fingerprint density at radius 3 is 2.17 bits per heavy atom. The molecule has 1 atom stereocenters. The summed E-state index contributed by atoms with van der Waals surface area (Å²) >= 11 is 0. The van der Waals surface area contributed by atoms with Crippen LogP contribution in [0, 0.1) is 5.92 Å². The Hall–Kier alpha value is -3.15. The van der Waals surface area contributed by atoms with Gasteiger partial charge in [-0.25, -0.2) is 0 Å². The lowest BCUT2D eigenvalue weighted by Gasteiger charge is -2.35. The first-order valence-electron chi connectivity index (χ1n) is 15.2. The van der Waals surface area contributed by atoms with E-state index in [-0.39, 0.29) is 12.0 Å². The van der Waals surface area contributed by atoms with Crippen molar-refractivity contribution in [2.75, 3.05) is 45.8 Å². The molecule has 0 aromatic heterocycles. The summed E-state index contributed by atoms with van der Waals surface area (Å²) in [6.07, 6.45) is 5.65. The molecule has 2 aliphatic rings. The average molecular weight is 540 g/mol. The lowest BCUT2D eigenvalue weighted by atomic mass is 9.90. The van der Waals surface area contributed by atoms with Gasteiger partial charge in [0.1, 0.15) is 11.9 Å². The van der Waals surface area contributed by atoms with Crippen LogP contribution in [0.2, 0.25) is 0 Å². The number of benzene rings is 3. The number of hydrogen-bond donors (Lipinski definition) is 1. The van der Waals surface area contributed by atoms with Crippen molar-refractivity contribution in [3.8, 4) is 5.75 Å². The first-order chi connectivity index (χ1) is 19.7. The van der Waals surface area contributed by atoms with E-state index in [9.17, 15) is 4.79 Å². The zero-order chi connectivity index (χ0) is 27.6. The highest BCUT2D eigenvalue weighted by molar-refractivity contribution is 5.96. The van der Waals surface area contributed by atoms with Gasteiger partial charge in [-0.05, 0) is 74.4 Å². The number of nitrogens with zero attached hydrogens (tertiary/aromatic N) is 2. The Kier molecular flexibility index (Phi) is 10.3. The second-order valence-electron chi connectivity index (χ2n) is 11.6. The largest absolute Gasteiger partial charge is 0.489 e. The van der Waals surface area contributed by atoms with Gasteiger partial charge >= 0.3 is 0 Å². The number of carbonyl (C=O) groups is 1. The monoisotopic (exact) mass is 539 g/mol. The van der Waals surface area contributed by atoms with Gasteiger partial charge in [0.25, 0.3) is 5.91 Å². The van der Waals surface area contributed by atoms with E-state index in [0.717, 1.165) is 51.4 Å². The van der Waals surface area contributed by atoms with Crippen molar-refractivity contribution in [3.63, 3.8) is 0 Å². The summed E-state index contributed by atoms with van der Waals surface area (Å²) in [4.78, 5) is 18.1. The van der Waals surface area contributed by atoms with E-state index in [1.165, 1.54) is 37.1 Å². The first-order valence-corrected chi connectivity index (χ1v) is 15.2. The number of piperidine rings is 2. The van der Waals surface area contributed by atoms with Gasteiger partial charge in [-0.15, -0.1) is 0 Å². The molecular weight excluding hydrogens is 494 g/mol. The number of likely N-dealkylation sites (tertiary alicyclic amines) is 2. The smallest absolute Gasteiger partial charge is 0.255 e. The fraction of sp³-hybridized carbons (Fsp3) is 0.457. The maximum absolute atomic E-state index is 13.0. The van der Waals surface area contributed by atoms with E-state index in [2.05, 4.69) is 82.7 Å². The molecule has 5 nitrogen and oxygen atoms in total. The van der Waals surface area contributed by atoms with Crippen molar-refractivity contribution in [3.05, 3.63) is 102 Å². The molecule has 0 aliphatic carbocycles. The van der Waals surface area contributed by atoms with Gasteiger partial charge in [-0.1, -0.05) is 79.7 Å². The summed E-state index contributed by atoms with van der Waals surface area (Å²) in [6.45, 7) is 9.43. The summed E-state index contributed by atoms with van der Waals surface area (Å²) in [7, 11) is 0. The maximum Gasteiger partial charge on any atom is 0.255 e. The number of para-hydroxylation sites is 1. The van der Waals surface area contributed by atoms with E-state index in [1.54, 1.807) is 0 Å². The molecule has 1 amide bonds. The molecule has 5 heteroatoms. The van der Waals surface area contributed by atoms with Crippen LogP contribution in [0.4, 0.5) is 0 Å². The van der Waals surface area contributed by atoms with E-state index < -0.39 is 0 Å². The van der Waals surface area contributed by atoms with Crippen LogP contribution in [0.1, 0.15) is 66.4 Å². The Morgan fingerprint density at radius 2 is 1.50 bits per heavy atom. The molecule has 2 saturated heterocycles. The van der Waals surface area contributed by atoms with Crippen molar-refractivity contribution in [1.82, 2.24) is 15.1 Å². The molecule has 1 N–H and O–H groups in total. The van der Waals surface area contributed by atoms with Crippen molar-refractivity contribution >= 4 is 5.91 Å². The fourth-order valence-corrected chi connectivity index (χ4v) is 6.27. The van der Waals surface area contributed by atoms with Gasteiger partial charge in [0.15, 0.2) is 0 Å². The summed E-state index contributed by atoms with van der Waals surface area (Å²) in [5.41, 5.74) is 3.36. The number of carbonyl (C=O) groups excluding carboxylic acids is 1. The molecule has 0 bridgehead atoms. The van der Waals surface area contributed by atoms with Crippen LogP contribution in [0.15, 0.2) is 84.9 Å². The van der Waals surface area contributed by atoms with Crippen LogP contribution >= 0.6 is 0 Å². The molecule has 2 heterocycles. The molecule has 0 radical (unpaired) electrons. The highest BCUT2D eigenvalue weighted by Gasteiger charge is 2.25. The number of amides is 1. The molecule has 1 unspecified atom stereocenters. The van der Waals surface area contributed by atoms with Gasteiger partial charge in [-0.2, -0.15) is 0 Å². The number of rotatable bonds is 11. The normalized spacial score (nSPS) is 19.0. The second-order valence-corrected chi connectivity index (χ2v) is 11.6. The summed E-state index contributed by atoms with van der Waals surface area (Å²) in [5.74, 6) is 1.80. The number of ether oxygens (including phenoxy) is 1. The predicted octanol–water partition coefficient (Wildman–Crippen LogP) is 6.21. The van der Waals surface area contributed by atoms with Crippen LogP contribution < -0.4 is 10.1 Å². The highest BCUT2D eigenvalue weighted by atomic mass is 16.5. The molecular formula is C35H45N3O2. The van der Waals surface area contributed by atoms with Crippen molar-refractivity contribution in [1.29, 1.82) is 0 Å². The zero-order valence-electron chi connectivity index (χ0n) is 24.0. The fourth-order valence-electron chi connectivity index (χ4n) is 6.27. The van der Waals surface area contributed by atoms with E-state index in [0.29, 0.717) is 23.8 Å². The van der Waals surface area contributed by atoms with Crippen LogP contribution in [0.3, 0.4) is 0 Å². The third-order valence-corrected chi connectivity index (χ3v) is 8.48. The Balaban J connectivity index is 1.11. The predicted molar refractivity (Wildman–Crippen MR) is 163 cm³/mol. The molecule has 3 aromatic rings. The van der Waals surface area contributed by atoms with E-state index in [1.807, 2.05) is 24.3 Å². The van der Waals surface area contributed by atoms with Gasteiger partial charge in [-0.3, -0.25) is 4.79 Å². The Morgan fingerprint density at radius 1 is 0.850 bits per heavy atom. The van der Waals surface area contributed by atoms with Crippen molar-refractivity contribution < 1.29 is 9.53 Å². The molecule has 0 saturated carbocycles. The minimum absolute atomic E-state index is 0.0337. The standard InChI is InChI=1S/C35H45N3O2/c1-28-12-10-22-37(26-28)23-11-21-36-35(39)32-17-8-9-18-34(32)40-31-19-24-38(25-20-31)27-33(29-13-4-2-5-14-29)30-15-6-3-7-16-30/h2-9,13-18,28,31,33H,10-12,19-27H2,1H3,(H,36,39). The van der Waals surface area contributed by atoms with Gasteiger partial charge in [0.05, 0.1) is 5.56 Å². The topological polar surface area (TPSA) is 44.8 Å². The Labute approximate surface area is 240 Å². The zero-order valence-corrected chi connectivity index (χ0v) is 24.0. The lowest BCUT2D eigenvalue weighted by molar-refractivity contribution is 0.0898. The van der Waals surface area contributed by atoms with Crippen LogP contribution in [0.25, 0.3) is 0 Å². The summed E-state index contributed by atoms with van der Waals surface area (Å²) in [5, 5.41) is 3.13. The third-order valence-electron chi connectivity index (χ3n) is 8.48. The maximum atomic E-state index is 13.0. The van der Waals surface area contributed by atoms with Gasteiger partial charge in [0, 0.05) is 38.6 Å². The minimum Gasteiger partial charge on any atom is -0.489 e. The van der Waals surface area contributed by atoms with E-state index in [4.69, 9.17) is 4.74 Å². The molecule has 2 fully saturated rings. The van der Waals surface area contributed by atoms with E-state index >= 15 is 0 Å². The Bertz CT molecular complexity index is 1140. The van der Waals surface area contributed by atoms with Gasteiger partial charge in [0.2, 0.25) is 0 Å². The summed E-state index contributed by atoms with van der Waals surface area (Å²) < 4.78 is 6.45. The molecule has 212 valence electrons. The third kappa shape index (κ3) is 7.96. The molecule has 2 aliphatic heterocycles. The molecule has 0 spiro atoms. The van der Waals surface area contributed by atoms with Gasteiger partial charge < -0.3 is 19.9 Å². The average Bonchev–Trinajstić information content (AvgIpc) is 3.00. The number of hydrogen-bond acceptors (Lipinski definition) is 4. The highest BCUT2D eigenvalue weighted by Crippen LogP contribution is 2.28. The molecule has 3 aromatic carbocycles. The first kappa shape index (κ1) is 28.4. The number of nitrogens with one attached hydrogen (secondary N) is 1. The molecule has 5 rings (SSSR count). The SMILES string of the molecule is CC1CCCN(CCCNC(=O)c2ccccc2OC2CCN(CC(c3ccccc3)c3ccccc3)CC2)C1. The van der Waals surface area contributed by atoms with Crippen molar-refractivity contribution in [2.24, 2.45) is 5.92 Å². The lowest BCUT2D eigenvalue weighted by Crippen LogP contribution is -2.40. The minimum atomic E-state index is -0.0337. The molecule has 40 heavy (non-hydrogen) atoms.